The van der Waals surface area contributed by atoms with Crippen molar-refractivity contribution in [3.05, 3.63) is 87.6 Å². The van der Waals surface area contributed by atoms with E-state index in [1.807, 2.05) is 42.5 Å². The molecule has 2 rings (SSSR count). The maximum absolute atomic E-state index is 10.2. The van der Waals surface area contributed by atoms with Crippen LogP contribution in [0.15, 0.2) is 60.8 Å². The van der Waals surface area contributed by atoms with Gasteiger partial charge in [-0.25, -0.2) is 0 Å². The molecule has 0 aliphatic rings. The minimum Gasteiger partial charge on any atom is -0.259 e. The first kappa shape index (κ1) is 12.0. The van der Waals surface area contributed by atoms with Crippen molar-refractivity contribution < 1.29 is 4.92 Å². The molecule has 18 heavy (non-hydrogen) atoms. The SMILES string of the molecule is O=[N+]([O-])/C=C/c1ccc(Cc2ccccc2)cc1. The minimum absolute atomic E-state index is 0.460. The zero-order valence-corrected chi connectivity index (χ0v) is 9.82. The van der Waals surface area contributed by atoms with E-state index in [0.717, 1.165) is 18.2 Å². The van der Waals surface area contributed by atoms with E-state index in [4.69, 9.17) is 0 Å². The van der Waals surface area contributed by atoms with Crippen LogP contribution in [0.25, 0.3) is 6.08 Å². The lowest BCUT2D eigenvalue weighted by Crippen LogP contribution is -1.87. The summed E-state index contributed by atoms with van der Waals surface area (Å²) < 4.78 is 0. The van der Waals surface area contributed by atoms with Gasteiger partial charge in [0.1, 0.15) is 0 Å². The standard InChI is InChI=1S/C15H13NO2/c17-16(18)11-10-13-6-8-15(9-7-13)12-14-4-2-1-3-5-14/h1-11H,12H2/b11-10+. The van der Waals surface area contributed by atoms with Crippen LogP contribution in [-0.4, -0.2) is 4.92 Å². The summed E-state index contributed by atoms with van der Waals surface area (Å²) in [6, 6.07) is 18.0. The van der Waals surface area contributed by atoms with Gasteiger partial charge in [0.15, 0.2) is 0 Å². The predicted molar refractivity (Wildman–Crippen MR) is 71.7 cm³/mol. The highest BCUT2D eigenvalue weighted by molar-refractivity contribution is 5.48. The molecule has 3 nitrogen and oxygen atoms in total. The lowest BCUT2D eigenvalue weighted by atomic mass is 10.0. The van der Waals surface area contributed by atoms with Gasteiger partial charge in [-0.05, 0) is 23.1 Å². The van der Waals surface area contributed by atoms with E-state index in [-0.39, 0.29) is 0 Å². The van der Waals surface area contributed by atoms with Gasteiger partial charge < -0.3 is 0 Å². The minimum atomic E-state index is -0.460. The Morgan fingerprint density at radius 1 is 0.944 bits per heavy atom. The summed E-state index contributed by atoms with van der Waals surface area (Å²) in [5.74, 6) is 0. The Hall–Kier alpha value is -2.42. The first-order valence-corrected chi connectivity index (χ1v) is 5.68. The van der Waals surface area contributed by atoms with Crippen LogP contribution in [0.2, 0.25) is 0 Å². The van der Waals surface area contributed by atoms with Crippen LogP contribution in [0.3, 0.4) is 0 Å². The van der Waals surface area contributed by atoms with E-state index < -0.39 is 4.92 Å². The largest absolute Gasteiger partial charge is 0.259 e. The van der Waals surface area contributed by atoms with Crippen molar-refractivity contribution in [2.45, 2.75) is 6.42 Å². The topological polar surface area (TPSA) is 43.1 Å². The molecule has 0 aromatic heterocycles. The summed E-state index contributed by atoms with van der Waals surface area (Å²) in [5, 5.41) is 10.2. The van der Waals surface area contributed by atoms with Gasteiger partial charge in [-0.15, -0.1) is 0 Å². The molecule has 0 radical (unpaired) electrons. The van der Waals surface area contributed by atoms with E-state index in [1.54, 1.807) is 0 Å². The van der Waals surface area contributed by atoms with Crippen molar-refractivity contribution in [1.82, 2.24) is 0 Å². The Labute approximate surface area is 106 Å². The second kappa shape index (κ2) is 5.77. The van der Waals surface area contributed by atoms with Crippen LogP contribution in [0.5, 0.6) is 0 Å². The van der Waals surface area contributed by atoms with Crippen molar-refractivity contribution >= 4 is 6.08 Å². The maximum Gasteiger partial charge on any atom is 0.235 e. The second-order valence-electron chi connectivity index (χ2n) is 4.01. The molecule has 90 valence electrons. The lowest BCUT2D eigenvalue weighted by molar-refractivity contribution is -0.400. The molecule has 0 spiro atoms. The number of hydrogen-bond acceptors (Lipinski definition) is 2. The first-order valence-electron chi connectivity index (χ1n) is 5.68. The molecule has 2 aromatic carbocycles. The van der Waals surface area contributed by atoms with Crippen molar-refractivity contribution in [3.63, 3.8) is 0 Å². The Kier molecular flexibility index (Phi) is 3.86. The highest BCUT2D eigenvalue weighted by Gasteiger charge is 1.96. The molecule has 0 saturated carbocycles. The summed E-state index contributed by atoms with van der Waals surface area (Å²) >= 11 is 0. The summed E-state index contributed by atoms with van der Waals surface area (Å²) in [7, 11) is 0. The van der Waals surface area contributed by atoms with Gasteiger partial charge in [-0.1, -0.05) is 54.6 Å². The monoisotopic (exact) mass is 239 g/mol. The summed E-state index contributed by atoms with van der Waals surface area (Å²) in [4.78, 5) is 9.74. The van der Waals surface area contributed by atoms with Crippen LogP contribution in [0.4, 0.5) is 0 Å². The van der Waals surface area contributed by atoms with E-state index >= 15 is 0 Å². The molecule has 0 bridgehead atoms. The molecular weight excluding hydrogens is 226 g/mol. The van der Waals surface area contributed by atoms with Crippen LogP contribution in [-0.2, 0) is 6.42 Å². The number of nitrogens with zero attached hydrogens (tertiary/aromatic N) is 1. The third kappa shape index (κ3) is 3.56. The van der Waals surface area contributed by atoms with Gasteiger partial charge in [0.05, 0.1) is 4.92 Å². The molecule has 0 aliphatic carbocycles. The van der Waals surface area contributed by atoms with Crippen LogP contribution < -0.4 is 0 Å². The second-order valence-corrected chi connectivity index (χ2v) is 4.01. The van der Waals surface area contributed by atoms with Crippen LogP contribution in [0.1, 0.15) is 16.7 Å². The zero-order valence-electron chi connectivity index (χ0n) is 9.82. The fourth-order valence-corrected chi connectivity index (χ4v) is 1.73. The highest BCUT2D eigenvalue weighted by Crippen LogP contribution is 2.11. The quantitative estimate of drug-likeness (QED) is 0.605. The Balaban J connectivity index is 2.06. The van der Waals surface area contributed by atoms with Crippen LogP contribution >= 0.6 is 0 Å². The lowest BCUT2D eigenvalue weighted by Gasteiger charge is -2.02. The molecule has 0 amide bonds. The smallest absolute Gasteiger partial charge is 0.235 e. The van der Waals surface area contributed by atoms with Gasteiger partial charge >= 0.3 is 0 Å². The molecular formula is C15H13NO2. The van der Waals surface area contributed by atoms with Crippen molar-refractivity contribution in [2.75, 3.05) is 0 Å². The van der Waals surface area contributed by atoms with Gasteiger partial charge in [0.2, 0.25) is 6.20 Å². The molecule has 0 saturated heterocycles. The van der Waals surface area contributed by atoms with Crippen molar-refractivity contribution in [3.8, 4) is 0 Å². The average molecular weight is 239 g/mol. The highest BCUT2D eigenvalue weighted by atomic mass is 16.6. The fourth-order valence-electron chi connectivity index (χ4n) is 1.73. The Morgan fingerprint density at radius 3 is 2.17 bits per heavy atom. The molecule has 0 atom stereocenters. The van der Waals surface area contributed by atoms with E-state index in [9.17, 15) is 10.1 Å². The fraction of sp³-hybridized carbons (Fsp3) is 0.0667. The van der Waals surface area contributed by atoms with Crippen LogP contribution in [0, 0.1) is 10.1 Å². The first-order chi connectivity index (χ1) is 8.74. The average Bonchev–Trinajstić information content (AvgIpc) is 2.39. The van der Waals surface area contributed by atoms with Gasteiger partial charge in [-0.3, -0.25) is 10.1 Å². The van der Waals surface area contributed by atoms with Gasteiger partial charge in [-0.2, -0.15) is 0 Å². The maximum atomic E-state index is 10.2. The molecule has 0 heterocycles. The van der Waals surface area contributed by atoms with E-state index in [1.165, 1.54) is 17.2 Å². The van der Waals surface area contributed by atoms with Gasteiger partial charge in [0.25, 0.3) is 0 Å². The van der Waals surface area contributed by atoms with E-state index in [0.29, 0.717) is 0 Å². The Bertz CT molecular complexity index is 544. The molecule has 0 aliphatic heterocycles. The third-order valence-corrected chi connectivity index (χ3v) is 2.62. The molecule has 0 fully saturated rings. The Morgan fingerprint density at radius 2 is 1.56 bits per heavy atom. The summed E-state index contributed by atoms with van der Waals surface area (Å²) in [6.45, 7) is 0. The number of nitro groups is 1. The van der Waals surface area contributed by atoms with E-state index in [2.05, 4.69) is 12.1 Å². The summed E-state index contributed by atoms with van der Waals surface area (Å²) in [6.07, 6.45) is 3.32. The van der Waals surface area contributed by atoms with Crippen molar-refractivity contribution in [1.29, 1.82) is 0 Å². The van der Waals surface area contributed by atoms with Gasteiger partial charge in [0, 0.05) is 6.08 Å². The third-order valence-electron chi connectivity index (χ3n) is 2.62. The zero-order chi connectivity index (χ0) is 12.8. The molecule has 3 heteroatoms. The predicted octanol–water partition coefficient (Wildman–Crippen LogP) is 3.52. The molecule has 0 N–H and O–H groups in total. The normalized spacial score (nSPS) is 10.7. The number of rotatable bonds is 4. The summed E-state index contributed by atoms with van der Waals surface area (Å²) in [5.41, 5.74) is 3.29. The molecule has 2 aromatic rings. The molecule has 0 unspecified atom stereocenters. The number of benzene rings is 2. The van der Waals surface area contributed by atoms with Crippen molar-refractivity contribution in [2.24, 2.45) is 0 Å². The number of hydrogen-bond donors (Lipinski definition) is 0.